The summed E-state index contributed by atoms with van der Waals surface area (Å²) in [4.78, 5) is 35.7. The molecule has 0 unspecified atom stereocenters. The molecular weight excluding hydrogens is 272 g/mol. The summed E-state index contributed by atoms with van der Waals surface area (Å²) in [6, 6.07) is 1.91. The summed E-state index contributed by atoms with van der Waals surface area (Å²) in [7, 11) is 0. The van der Waals surface area contributed by atoms with E-state index in [1.807, 2.05) is 0 Å². The predicted octanol–water partition coefficient (Wildman–Crippen LogP) is 1.74. The molecule has 0 saturated carbocycles. The lowest BCUT2D eigenvalue weighted by molar-refractivity contribution is -0.403. The molecule has 108 valence electrons. The molecule has 0 radical (unpaired) electrons. The molecule has 0 atom stereocenters. The van der Waals surface area contributed by atoms with E-state index >= 15 is 0 Å². The lowest BCUT2D eigenvalue weighted by Crippen LogP contribution is -2.33. The normalized spacial score (nSPS) is 9.90. The van der Waals surface area contributed by atoms with Crippen LogP contribution >= 0.6 is 0 Å². The van der Waals surface area contributed by atoms with Crippen molar-refractivity contribution in [3.05, 3.63) is 32.4 Å². The number of pyridine rings is 1. The molecule has 0 aliphatic rings. The maximum Gasteiger partial charge on any atom is 0.415 e. The Hall–Kier alpha value is -2.78. The zero-order valence-corrected chi connectivity index (χ0v) is 10.8. The molecule has 0 spiro atoms. The van der Waals surface area contributed by atoms with Crippen molar-refractivity contribution in [1.29, 1.82) is 0 Å². The topological polar surface area (TPSA) is 129 Å². The van der Waals surface area contributed by atoms with Crippen LogP contribution < -0.4 is 4.74 Å². The van der Waals surface area contributed by atoms with Gasteiger partial charge >= 0.3 is 17.7 Å². The number of hydrogen-bond donors (Lipinski definition) is 0. The third-order valence-corrected chi connectivity index (χ3v) is 2.40. The van der Waals surface area contributed by atoms with Crippen LogP contribution in [0.15, 0.2) is 12.1 Å². The van der Waals surface area contributed by atoms with Gasteiger partial charge in [0.1, 0.15) is 0 Å². The molecule has 0 N–H and O–H groups in total. The number of aromatic nitrogens is 1. The number of hydrogen-bond acceptors (Lipinski definition) is 7. The third kappa shape index (κ3) is 3.37. The number of amides is 1. The fraction of sp³-hybridized carbons (Fsp3) is 0.400. The number of carbonyl (C=O) groups excluding carboxylic acids is 1. The molecule has 10 heteroatoms. The van der Waals surface area contributed by atoms with E-state index in [1.165, 1.54) is 4.90 Å². The number of carbonyl (C=O) groups is 1. The van der Waals surface area contributed by atoms with Crippen molar-refractivity contribution in [3.8, 4) is 5.75 Å². The zero-order chi connectivity index (χ0) is 15.3. The summed E-state index contributed by atoms with van der Waals surface area (Å²) in [6.45, 7) is 4.16. The number of nitro groups is 2. The molecule has 1 aromatic rings. The maximum atomic E-state index is 11.7. The Bertz CT molecular complexity index is 543. The van der Waals surface area contributed by atoms with E-state index in [2.05, 4.69) is 4.98 Å². The molecule has 1 rings (SSSR count). The molecule has 0 aromatic carbocycles. The summed E-state index contributed by atoms with van der Waals surface area (Å²) >= 11 is 0. The highest BCUT2D eigenvalue weighted by molar-refractivity contribution is 5.71. The van der Waals surface area contributed by atoms with Crippen molar-refractivity contribution in [2.45, 2.75) is 13.8 Å². The molecule has 1 aromatic heterocycles. The number of rotatable bonds is 5. The van der Waals surface area contributed by atoms with Crippen LogP contribution in [-0.2, 0) is 0 Å². The second kappa shape index (κ2) is 6.41. The average Bonchev–Trinajstić information content (AvgIpc) is 2.39. The van der Waals surface area contributed by atoms with Crippen LogP contribution in [0.25, 0.3) is 0 Å². The lowest BCUT2D eigenvalue weighted by Gasteiger charge is -2.17. The second-order valence-electron chi connectivity index (χ2n) is 3.55. The first kappa shape index (κ1) is 15.3. The summed E-state index contributed by atoms with van der Waals surface area (Å²) in [5.74, 6) is -2.00. The minimum atomic E-state index is -0.947. The van der Waals surface area contributed by atoms with Crippen LogP contribution in [0.1, 0.15) is 13.8 Å². The average molecular weight is 284 g/mol. The van der Waals surface area contributed by atoms with E-state index in [0.29, 0.717) is 13.1 Å². The van der Waals surface area contributed by atoms with Crippen molar-refractivity contribution in [3.63, 3.8) is 0 Å². The van der Waals surface area contributed by atoms with Crippen LogP contribution in [0.2, 0.25) is 0 Å². The first-order chi connectivity index (χ1) is 9.40. The monoisotopic (exact) mass is 284 g/mol. The largest absolute Gasteiger partial charge is 0.415 e. The van der Waals surface area contributed by atoms with E-state index in [-0.39, 0.29) is 0 Å². The van der Waals surface area contributed by atoms with Crippen LogP contribution in [0.4, 0.5) is 16.4 Å². The van der Waals surface area contributed by atoms with E-state index < -0.39 is 33.3 Å². The van der Waals surface area contributed by atoms with Crippen molar-refractivity contribution in [2.24, 2.45) is 0 Å². The fourth-order valence-electron chi connectivity index (χ4n) is 1.38. The zero-order valence-electron chi connectivity index (χ0n) is 10.8. The fourth-order valence-corrected chi connectivity index (χ4v) is 1.38. The summed E-state index contributed by atoms with van der Waals surface area (Å²) in [5, 5.41) is 21.3. The van der Waals surface area contributed by atoms with Crippen LogP contribution in [0.5, 0.6) is 5.75 Å². The molecule has 20 heavy (non-hydrogen) atoms. The van der Waals surface area contributed by atoms with Gasteiger partial charge in [0.2, 0.25) is 5.75 Å². The molecule has 0 fully saturated rings. The van der Waals surface area contributed by atoms with E-state index in [9.17, 15) is 25.0 Å². The van der Waals surface area contributed by atoms with Gasteiger partial charge in [-0.05, 0) is 29.8 Å². The van der Waals surface area contributed by atoms with E-state index in [1.54, 1.807) is 13.8 Å². The van der Waals surface area contributed by atoms with Gasteiger partial charge in [-0.1, -0.05) is 0 Å². The second-order valence-corrected chi connectivity index (χ2v) is 3.55. The first-order valence-corrected chi connectivity index (χ1v) is 5.67. The van der Waals surface area contributed by atoms with Gasteiger partial charge in [-0.15, -0.1) is 0 Å². The standard InChI is InChI=1S/C10H12N4O6/c1-3-12(4-2)10(15)20-7-5-6-8(13(16)17)11-9(7)14(18)19/h5-6H,3-4H2,1-2H3. The highest BCUT2D eigenvalue weighted by Gasteiger charge is 2.25. The molecule has 0 bridgehead atoms. The number of nitrogens with zero attached hydrogens (tertiary/aromatic N) is 4. The van der Waals surface area contributed by atoms with Crippen molar-refractivity contribution >= 4 is 17.7 Å². The van der Waals surface area contributed by atoms with Crippen molar-refractivity contribution in [1.82, 2.24) is 9.88 Å². The van der Waals surface area contributed by atoms with Crippen LogP contribution in [-0.4, -0.2) is 38.9 Å². The van der Waals surface area contributed by atoms with Gasteiger partial charge in [-0.25, -0.2) is 4.79 Å². The van der Waals surface area contributed by atoms with Gasteiger partial charge in [0.15, 0.2) is 0 Å². The van der Waals surface area contributed by atoms with Crippen molar-refractivity contribution in [2.75, 3.05) is 13.1 Å². The van der Waals surface area contributed by atoms with Crippen molar-refractivity contribution < 1.29 is 19.4 Å². The minimum absolute atomic E-state index is 0.365. The lowest BCUT2D eigenvalue weighted by atomic mass is 10.4. The SMILES string of the molecule is CCN(CC)C(=O)Oc1ccc([N+](=O)[O-])nc1[N+](=O)[O-]. The molecule has 1 heterocycles. The summed E-state index contributed by atoms with van der Waals surface area (Å²) < 4.78 is 4.85. The smallest absolute Gasteiger partial charge is 0.401 e. The van der Waals surface area contributed by atoms with Gasteiger partial charge < -0.3 is 29.9 Å². The Morgan fingerprint density at radius 2 is 1.85 bits per heavy atom. The number of ether oxygens (including phenoxy) is 1. The Morgan fingerprint density at radius 3 is 2.30 bits per heavy atom. The van der Waals surface area contributed by atoms with Crippen LogP contribution in [0, 0.1) is 20.2 Å². The maximum absolute atomic E-state index is 11.7. The third-order valence-electron chi connectivity index (χ3n) is 2.40. The van der Waals surface area contributed by atoms with E-state index in [4.69, 9.17) is 4.74 Å². The minimum Gasteiger partial charge on any atom is -0.401 e. The molecule has 0 aliphatic heterocycles. The van der Waals surface area contributed by atoms with Gasteiger partial charge in [0.05, 0.1) is 0 Å². The quantitative estimate of drug-likeness (QED) is 0.594. The molecular formula is C10H12N4O6. The van der Waals surface area contributed by atoms with Gasteiger partial charge in [0.25, 0.3) is 0 Å². The predicted molar refractivity (Wildman–Crippen MR) is 66.5 cm³/mol. The Balaban J connectivity index is 3.09. The summed E-state index contributed by atoms with van der Waals surface area (Å²) in [6.07, 6.45) is -0.784. The molecule has 1 amide bonds. The summed E-state index contributed by atoms with van der Waals surface area (Å²) in [5.41, 5.74) is 0. The highest BCUT2D eigenvalue weighted by atomic mass is 16.6. The highest BCUT2D eigenvalue weighted by Crippen LogP contribution is 2.27. The molecule has 10 nitrogen and oxygen atoms in total. The van der Waals surface area contributed by atoms with Crippen LogP contribution in [0.3, 0.4) is 0 Å². The first-order valence-electron chi connectivity index (χ1n) is 5.67. The Morgan fingerprint density at radius 1 is 1.25 bits per heavy atom. The Kier molecular flexibility index (Phi) is 4.89. The van der Waals surface area contributed by atoms with Gasteiger partial charge in [-0.3, -0.25) is 0 Å². The molecule has 0 saturated heterocycles. The Labute approximate surface area is 113 Å². The van der Waals surface area contributed by atoms with Gasteiger partial charge in [0, 0.05) is 24.1 Å². The van der Waals surface area contributed by atoms with Gasteiger partial charge in [-0.2, -0.15) is 0 Å². The molecule has 0 aliphatic carbocycles. The van der Waals surface area contributed by atoms with E-state index in [0.717, 1.165) is 12.1 Å².